The molecular formula is C8H13N3O2S. The second-order valence-corrected chi connectivity index (χ2v) is 5.48. The number of rotatable bonds is 4. The van der Waals surface area contributed by atoms with E-state index in [4.69, 9.17) is 0 Å². The zero-order chi connectivity index (χ0) is 10.2. The molecule has 1 aromatic rings. The Balaban J connectivity index is 1.96. The standard InChI is InChI=1S/C8H13N3O2S/c1-6-2-7(6)3-11-14(12,13)8-4-9-5-10-8/h4-7,11H,2-3H2,1H3,(H,9,10). The first kappa shape index (κ1) is 9.67. The number of nitrogens with one attached hydrogen (secondary N) is 2. The minimum Gasteiger partial charge on any atom is -0.335 e. The predicted molar refractivity (Wildman–Crippen MR) is 51.0 cm³/mol. The highest BCUT2D eigenvalue weighted by molar-refractivity contribution is 7.89. The third-order valence-electron chi connectivity index (χ3n) is 2.57. The summed E-state index contributed by atoms with van der Waals surface area (Å²) in [5.74, 6) is 1.16. The molecule has 0 spiro atoms. The molecule has 2 N–H and O–H groups in total. The summed E-state index contributed by atoms with van der Waals surface area (Å²) in [6.07, 6.45) is 3.78. The summed E-state index contributed by atoms with van der Waals surface area (Å²) < 4.78 is 25.7. The van der Waals surface area contributed by atoms with Crippen molar-refractivity contribution >= 4 is 10.0 Å². The monoisotopic (exact) mass is 215 g/mol. The molecule has 6 heteroatoms. The van der Waals surface area contributed by atoms with Crippen molar-refractivity contribution in [3.63, 3.8) is 0 Å². The number of imidazole rings is 1. The molecule has 0 bridgehead atoms. The van der Waals surface area contributed by atoms with E-state index < -0.39 is 10.0 Å². The van der Waals surface area contributed by atoms with Gasteiger partial charge in [0.15, 0.2) is 5.03 Å². The molecule has 1 aliphatic carbocycles. The summed E-state index contributed by atoms with van der Waals surface area (Å²) in [5.41, 5.74) is 0. The Morgan fingerprint density at radius 2 is 2.43 bits per heavy atom. The van der Waals surface area contributed by atoms with Crippen LogP contribution in [0.25, 0.3) is 0 Å². The van der Waals surface area contributed by atoms with Gasteiger partial charge < -0.3 is 4.98 Å². The Labute approximate surface area is 83.0 Å². The lowest BCUT2D eigenvalue weighted by molar-refractivity contribution is 0.571. The zero-order valence-corrected chi connectivity index (χ0v) is 8.71. The third-order valence-corrected chi connectivity index (χ3v) is 3.92. The van der Waals surface area contributed by atoms with E-state index in [2.05, 4.69) is 21.6 Å². The molecule has 2 unspecified atom stereocenters. The lowest BCUT2D eigenvalue weighted by Crippen LogP contribution is -2.26. The first-order chi connectivity index (χ1) is 6.59. The normalized spacial score (nSPS) is 26.4. The van der Waals surface area contributed by atoms with Crippen molar-refractivity contribution < 1.29 is 8.42 Å². The van der Waals surface area contributed by atoms with Crippen LogP contribution in [-0.4, -0.2) is 24.9 Å². The Kier molecular flexibility index (Phi) is 2.32. The van der Waals surface area contributed by atoms with Crippen LogP contribution in [0.5, 0.6) is 0 Å². The summed E-state index contributed by atoms with van der Waals surface area (Å²) >= 11 is 0. The van der Waals surface area contributed by atoms with Crippen LogP contribution in [0.2, 0.25) is 0 Å². The topological polar surface area (TPSA) is 74.8 Å². The summed E-state index contributed by atoms with van der Waals surface area (Å²) in [4.78, 5) is 6.24. The number of aromatic amines is 1. The van der Waals surface area contributed by atoms with Gasteiger partial charge in [0.25, 0.3) is 10.0 Å². The summed E-state index contributed by atoms with van der Waals surface area (Å²) in [6, 6.07) is 0. The minimum atomic E-state index is -3.36. The molecule has 14 heavy (non-hydrogen) atoms. The van der Waals surface area contributed by atoms with E-state index in [-0.39, 0.29) is 5.03 Å². The number of H-pyrrole nitrogens is 1. The molecule has 78 valence electrons. The van der Waals surface area contributed by atoms with Gasteiger partial charge in [-0.3, -0.25) is 0 Å². The van der Waals surface area contributed by atoms with Gasteiger partial charge in [-0.2, -0.15) is 0 Å². The Morgan fingerprint density at radius 3 is 2.93 bits per heavy atom. The lowest BCUT2D eigenvalue weighted by atomic mass is 10.3. The summed E-state index contributed by atoms with van der Waals surface area (Å²) in [6.45, 7) is 2.65. The molecule has 0 aromatic carbocycles. The maximum absolute atomic E-state index is 11.5. The van der Waals surface area contributed by atoms with Crippen molar-refractivity contribution in [1.29, 1.82) is 0 Å². The fourth-order valence-corrected chi connectivity index (χ4v) is 2.36. The van der Waals surface area contributed by atoms with Crippen LogP contribution in [0, 0.1) is 11.8 Å². The number of nitrogens with zero attached hydrogens (tertiary/aromatic N) is 1. The van der Waals surface area contributed by atoms with Crippen molar-refractivity contribution in [2.75, 3.05) is 6.54 Å². The van der Waals surface area contributed by atoms with E-state index in [1.54, 1.807) is 0 Å². The Morgan fingerprint density at radius 1 is 1.71 bits per heavy atom. The highest BCUT2D eigenvalue weighted by Crippen LogP contribution is 2.36. The smallest absolute Gasteiger partial charge is 0.257 e. The fraction of sp³-hybridized carbons (Fsp3) is 0.625. The first-order valence-electron chi connectivity index (χ1n) is 4.57. The molecule has 5 nitrogen and oxygen atoms in total. The maximum atomic E-state index is 11.5. The highest BCUT2D eigenvalue weighted by atomic mass is 32.2. The first-order valence-corrected chi connectivity index (χ1v) is 6.06. The molecule has 0 amide bonds. The van der Waals surface area contributed by atoms with Gasteiger partial charge >= 0.3 is 0 Å². The van der Waals surface area contributed by atoms with Crippen LogP contribution in [-0.2, 0) is 10.0 Å². The third kappa shape index (κ3) is 1.96. The van der Waals surface area contributed by atoms with Crippen LogP contribution in [0.15, 0.2) is 17.6 Å². The summed E-state index contributed by atoms with van der Waals surface area (Å²) in [7, 11) is -3.36. The molecule has 1 saturated carbocycles. The van der Waals surface area contributed by atoms with Gasteiger partial charge in [0.1, 0.15) is 0 Å². The molecule has 2 atom stereocenters. The van der Waals surface area contributed by atoms with Crippen molar-refractivity contribution in [3.8, 4) is 0 Å². The quantitative estimate of drug-likeness (QED) is 0.760. The van der Waals surface area contributed by atoms with Gasteiger partial charge in [-0.1, -0.05) is 6.92 Å². The van der Waals surface area contributed by atoms with Crippen LogP contribution < -0.4 is 4.72 Å². The van der Waals surface area contributed by atoms with Crippen LogP contribution in [0.4, 0.5) is 0 Å². The number of sulfonamides is 1. The van der Waals surface area contributed by atoms with Gasteiger partial charge in [0.2, 0.25) is 0 Å². The van der Waals surface area contributed by atoms with E-state index in [9.17, 15) is 8.42 Å². The number of hydrogen-bond acceptors (Lipinski definition) is 3. The maximum Gasteiger partial charge on any atom is 0.257 e. The summed E-state index contributed by atoms with van der Waals surface area (Å²) in [5, 5.41) is 0.130. The molecule has 1 fully saturated rings. The molecule has 0 radical (unpaired) electrons. The van der Waals surface area contributed by atoms with Crippen molar-refractivity contribution in [1.82, 2.24) is 14.7 Å². The average Bonchev–Trinajstić information content (AvgIpc) is 2.69. The second-order valence-electron chi connectivity index (χ2n) is 3.74. The van der Waals surface area contributed by atoms with Gasteiger partial charge in [-0.25, -0.2) is 18.1 Å². The van der Waals surface area contributed by atoms with Crippen LogP contribution >= 0.6 is 0 Å². The highest BCUT2D eigenvalue weighted by Gasteiger charge is 2.33. The molecule has 0 saturated heterocycles. The molecule has 1 heterocycles. The lowest BCUT2D eigenvalue weighted by Gasteiger charge is -2.02. The Bertz CT molecular complexity index is 398. The number of aromatic nitrogens is 2. The Hall–Kier alpha value is -0.880. The van der Waals surface area contributed by atoms with Crippen LogP contribution in [0.3, 0.4) is 0 Å². The van der Waals surface area contributed by atoms with E-state index >= 15 is 0 Å². The van der Waals surface area contributed by atoms with Gasteiger partial charge in [-0.05, 0) is 18.3 Å². The zero-order valence-electron chi connectivity index (χ0n) is 7.90. The van der Waals surface area contributed by atoms with Crippen molar-refractivity contribution in [2.24, 2.45) is 11.8 Å². The SMILES string of the molecule is CC1CC1CNS(=O)(=O)c1cnc[nH]1. The predicted octanol–water partition coefficient (Wildman–Crippen LogP) is 0.344. The molecular weight excluding hydrogens is 202 g/mol. The van der Waals surface area contributed by atoms with Gasteiger partial charge in [0.05, 0.1) is 12.5 Å². The van der Waals surface area contributed by atoms with Crippen molar-refractivity contribution in [3.05, 3.63) is 12.5 Å². The molecule has 1 aliphatic rings. The van der Waals surface area contributed by atoms with Crippen LogP contribution in [0.1, 0.15) is 13.3 Å². The fourth-order valence-electron chi connectivity index (χ4n) is 1.37. The molecule has 2 rings (SSSR count). The molecule has 0 aliphatic heterocycles. The van der Waals surface area contributed by atoms with E-state index in [1.165, 1.54) is 12.5 Å². The number of hydrogen-bond donors (Lipinski definition) is 2. The van der Waals surface area contributed by atoms with E-state index in [1.807, 2.05) is 0 Å². The van der Waals surface area contributed by atoms with E-state index in [0.717, 1.165) is 6.42 Å². The second kappa shape index (κ2) is 3.36. The van der Waals surface area contributed by atoms with Crippen molar-refractivity contribution in [2.45, 2.75) is 18.4 Å². The average molecular weight is 215 g/mol. The minimum absolute atomic E-state index is 0.130. The largest absolute Gasteiger partial charge is 0.335 e. The van der Waals surface area contributed by atoms with Gasteiger partial charge in [0, 0.05) is 6.54 Å². The van der Waals surface area contributed by atoms with E-state index in [0.29, 0.717) is 18.4 Å². The molecule has 1 aromatic heterocycles. The van der Waals surface area contributed by atoms with Gasteiger partial charge in [-0.15, -0.1) is 0 Å².